The molecule has 2 N–H and O–H groups in total. The second kappa shape index (κ2) is 15.4. The van der Waals surface area contributed by atoms with E-state index in [4.69, 9.17) is 14.2 Å². The fraction of sp³-hybridized carbons (Fsp3) is 0.432. The van der Waals surface area contributed by atoms with Gasteiger partial charge in [-0.1, -0.05) is 54.1 Å². The van der Waals surface area contributed by atoms with E-state index < -0.39 is 19.6 Å². The number of aromatic nitrogens is 2. The summed E-state index contributed by atoms with van der Waals surface area (Å²) in [7, 11) is -1.17. The molecule has 48 heavy (non-hydrogen) atoms. The second-order valence-corrected chi connectivity index (χ2v) is 21.0. The van der Waals surface area contributed by atoms with Gasteiger partial charge in [-0.3, -0.25) is 4.79 Å². The van der Waals surface area contributed by atoms with Crippen LogP contribution in [0.4, 0.5) is 5.69 Å². The highest BCUT2D eigenvalue weighted by molar-refractivity contribution is 9.10. The van der Waals surface area contributed by atoms with E-state index in [-0.39, 0.29) is 29.8 Å². The molecule has 0 bridgehead atoms. The number of nitrogens with zero attached hydrogens (tertiary/aromatic N) is 2. The second-order valence-electron chi connectivity index (χ2n) is 14.6. The lowest BCUT2D eigenvalue weighted by molar-refractivity contribution is -0.115. The number of fused-ring (bicyclic) bond motifs is 2. The van der Waals surface area contributed by atoms with Gasteiger partial charge in [0, 0.05) is 48.5 Å². The number of nitrogens with one attached hydrogen (secondary N) is 2. The average molecular weight is 736 g/mol. The van der Waals surface area contributed by atoms with Crippen molar-refractivity contribution in [3.05, 3.63) is 82.1 Å². The number of anilines is 1. The molecule has 1 aliphatic carbocycles. The van der Waals surface area contributed by atoms with E-state index in [9.17, 15) is 9.59 Å². The molecule has 256 valence electrons. The summed E-state index contributed by atoms with van der Waals surface area (Å²) < 4.78 is 20.9. The van der Waals surface area contributed by atoms with E-state index in [1.165, 1.54) is 11.1 Å². The van der Waals surface area contributed by atoms with Crippen molar-refractivity contribution in [2.75, 3.05) is 18.5 Å². The zero-order chi connectivity index (χ0) is 34.5. The number of halogens is 1. The molecule has 1 amide bonds. The van der Waals surface area contributed by atoms with Gasteiger partial charge in [0.25, 0.3) is 0 Å². The van der Waals surface area contributed by atoms with Gasteiger partial charge in [-0.25, -0.2) is 9.78 Å². The average Bonchev–Trinajstić information content (AvgIpc) is 3.27. The summed E-state index contributed by atoms with van der Waals surface area (Å²) in [6, 6.07) is 16.2. The lowest BCUT2D eigenvalue weighted by atomic mass is 9.99. The number of carbonyl (C=O) groups excluding carboxylic acids is 2. The number of hydrogen-bond donors (Lipinski definition) is 2. The lowest BCUT2D eigenvalue weighted by Crippen LogP contribution is -2.31. The van der Waals surface area contributed by atoms with Gasteiger partial charge in [-0.2, -0.15) is 0 Å². The fourth-order valence-electron chi connectivity index (χ4n) is 5.68. The Morgan fingerprint density at radius 3 is 2.67 bits per heavy atom. The third kappa shape index (κ3) is 9.78. The number of rotatable bonds is 12. The van der Waals surface area contributed by atoms with Crippen LogP contribution in [0.3, 0.4) is 0 Å². The van der Waals surface area contributed by atoms with Crippen LogP contribution in [0, 0.1) is 0 Å². The Morgan fingerprint density at radius 2 is 1.90 bits per heavy atom. The monoisotopic (exact) mass is 734 g/mol. The van der Waals surface area contributed by atoms with Gasteiger partial charge in [-0.15, -0.1) is 0 Å². The highest BCUT2D eigenvalue weighted by atomic mass is 79.9. The number of ether oxygens (including phenoxy) is 3. The first-order valence-electron chi connectivity index (χ1n) is 16.6. The van der Waals surface area contributed by atoms with Crippen LogP contribution < -0.4 is 15.4 Å². The van der Waals surface area contributed by atoms with E-state index in [1.807, 2.05) is 49.7 Å². The largest absolute Gasteiger partial charge is 0.456 e. The number of pyridine rings is 1. The Labute approximate surface area is 292 Å². The van der Waals surface area contributed by atoms with Gasteiger partial charge in [-0.05, 0) is 87.5 Å². The molecule has 0 fully saturated rings. The maximum absolute atomic E-state index is 13.2. The summed E-state index contributed by atoms with van der Waals surface area (Å²) in [5.41, 5.74) is 3.38. The van der Waals surface area contributed by atoms with Gasteiger partial charge in [0.05, 0.1) is 12.7 Å². The van der Waals surface area contributed by atoms with Crippen LogP contribution in [-0.4, -0.2) is 48.3 Å². The lowest BCUT2D eigenvalue weighted by Gasteiger charge is -2.21. The van der Waals surface area contributed by atoms with Gasteiger partial charge >= 0.3 is 5.97 Å². The molecule has 2 aromatic heterocycles. The van der Waals surface area contributed by atoms with Crippen LogP contribution in [0.15, 0.2) is 65.4 Å². The molecule has 0 spiro atoms. The van der Waals surface area contributed by atoms with E-state index in [1.54, 1.807) is 24.4 Å². The molecule has 0 radical (unpaired) electrons. The molecule has 2 heterocycles. The van der Waals surface area contributed by atoms with Crippen molar-refractivity contribution in [2.24, 2.45) is 0 Å². The summed E-state index contributed by atoms with van der Waals surface area (Å²) in [6.45, 7) is 13.7. The van der Waals surface area contributed by atoms with Gasteiger partial charge < -0.3 is 29.4 Å². The van der Waals surface area contributed by atoms with Crippen molar-refractivity contribution in [3.63, 3.8) is 0 Å². The van der Waals surface area contributed by atoms with Crippen LogP contribution in [0.1, 0.15) is 67.6 Å². The fourth-order valence-corrected chi connectivity index (χ4v) is 7.01. The van der Waals surface area contributed by atoms with Crippen molar-refractivity contribution in [1.29, 1.82) is 0 Å². The highest BCUT2D eigenvalue weighted by Gasteiger charge is 2.24. The molecule has 0 saturated heterocycles. The third-order valence-electron chi connectivity index (χ3n) is 8.12. The van der Waals surface area contributed by atoms with Gasteiger partial charge in [0.15, 0.2) is 0 Å². The Morgan fingerprint density at radius 1 is 1.08 bits per heavy atom. The quantitative estimate of drug-likeness (QED) is 0.0649. The van der Waals surface area contributed by atoms with Crippen LogP contribution in [0.2, 0.25) is 25.7 Å². The number of benzene rings is 2. The van der Waals surface area contributed by atoms with Crippen molar-refractivity contribution in [2.45, 2.75) is 90.5 Å². The molecule has 5 rings (SSSR count). The van der Waals surface area contributed by atoms with Gasteiger partial charge in [0.2, 0.25) is 5.91 Å². The molecular weight excluding hydrogens is 688 g/mol. The molecular formula is C37H47BrN4O5Si. The minimum absolute atomic E-state index is 0.0909. The summed E-state index contributed by atoms with van der Waals surface area (Å²) in [4.78, 5) is 31.0. The van der Waals surface area contributed by atoms with Crippen LogP contribution >= 0.6 is 15.9 Å². The van der Waals surface area contributed by atoms with E-state index >= 15 is 0 Å². The molecule has 1 aliphatic rings. The van der Waals surface area contributed by atoms with Crippen LogP contribution in [0.25, 0.3) is 11.0 Å². The van der Waals surface area contributed by atoms with Crippen LogP contribution in [0.5, 0.6) is 11.5 Å². The Balaban J connectivity index is 1.30. The van der Waals surface area contributed by atoms with Crippen molar-refractivity contribution >= 4 is 52.6 Å². The normalized spacial score (nSPS) is 15.1. The van der Waals surface area contributed by atoms with E-state index in [2.05, 4.69) is 63.3 Å². The first kappa shape index (κ1) is 35.8. The summed E-state index contributed by atoms with van der Waals surface area (Å²) in [5.74, 6) is -0.00463. The minimum Gasteiger partial charge on any atom is -0.456 e. The molecule has 0 aliphatic heterocycles. The molecule has 0 saturated carbocycles. The molecule has 9 nitrogen and oxygen atoms in total. The Hall–Kier alpha value is -3.51. The maximum atomic E-state index is 13.2. The van der Waals surface area contributed by atoms with Crippen molar-refractivity contribution < 1.29 is 23.8 Å². The summed E-state index contributed by atoms with van der Waals surface area (Å²) in [5, 5.41) is 7.30. The zero-order valence-corrected chi connectivity index (χ0v) is 31.4. The molecule has 11 heteroatoms. The first-order valence-corrected chi connectivity index (χ1v) is 21.1. The highest BCUT2D eigenvalue weighted by Crippen LogP contribution is 2.34. The smallest absolute Gasteiger partial charge is 0.342 e. The Bertz CT molecular complexity index is 1760. The number of esters is 1. The van der Waals surface area contributed by atoms with Crippen molar-refractivity contribution in [3.8, 4) is 11.5 Å². The standard InChI is InChI=1S/C37H47BrN4O5Si/c1-37(2,3)47-36(44)30-15-14-26(41-34(43)23-39-32-13-8-7-10-28-29(32)11-9-12-31(28)38)21-33(30)46-27-20-25-16-17-42(35(25)40-22-27)24-45-18-19-48(4,5)6/h9,11-12,14-17,20-22,32,39H,7-8,10,13,18-19,23-24H2,1-6H3,(H,41,43)/t32-/m1/s1. The first-order chi connectivity index (χ1) is 22.8. The molecule has 4 aromatic rings. The Kier molecular flexibility index (Phi) is 11.5. The molecule has 0 unspecified atom stereocenters. The van der Waals surface area contributed by atoms with Gasteiger partial charge in [0.1, 0.15) is 35.0 Å². The summed E-state index contributed by atoms with van der Waals surface area (Å²) in [6.07, 6.45) is 7.76. The number of hydrogen-bond acceptors (Lipinski definition) is 7. The predicted molar refractivity (Wildman–Crippen MR) is 197 cm³/mol. The molecule has 1 atom stereocenters. The molecule has 2 aromatic carbocycles. The topological polar surface area (TPSA) is 104 Å². The maximum Gasteiger partial charge on any atom is 0.342 e. The summed E-state index contributed by atoms with van der Waals surface area (Å²) >= 11 is 3.70. The van der Waals surface area contributed by atoms with Crippen molar-refractivity contribution in [1.82, 2.24) is 14.9 Å². The number of amides is 1. The zero-order valence-electron chi connectivity index (χ0n) is 28.8. The van der Waals surface area contributed by atoms with Crippen LogP contribution in [-0.2, 0) is 27.4 Å². The predicted octanol–water partition coefficient (Wildman–Crippen LogP) is 8.85. The third-order valence-corrected chi connectivity index (χ3v) is 10.6. The minimum atomic E-state index is -1.17. The van der Waals surface area contributed by atoms with E-state index in [0.717, 1.165) is 53.8 Å². The SMILES string of the molecule is CC(C)(C)OC(=O)c1ccc(NC(=O)CN[C@@H]2CCCCc3c(Br)cccc32)cc1Oc1cnc2c(ccn2COCC[Si](C)(C)C)c1. The number of carbonyl (C=O) groups is 2. The van der Waals surface area contributed by atoms with E-state index in [0.29, 0.717) is 18.2 Å².